The molecule has 2 rings (SSSR count). The van der Waals surface area contributed by atoms with E-state index in [0.29, 0.717) is 43.9 Å². The van der Waals surface area contributed by atoms with Gasteiger partial charge in [0.2, 0.25) is 11.1 Å². The van der Waals surface area contributed by atoms with Crippen LogP contribution in [0.3, 0.4) is 0 Å². The van der Waals surface area contributed by atoms with Crippen molar-refractivity contribution in [3.63, 3.8) is 0 Å². The number of piperazine rings is 1. The molecule has 2 amide bonds. The van der Waals surface area contributed by atoms with E-state index < -0.39 is 0 Å². The van der Waals surface area contributed by atoms with Crippen molar-refractivity contribution >= 4 is 23.8 Å². The summed E-state index contributed by atoms with van der Waals surface area (Å²) in [6, 6.07) is 0. The first kappa shape index (κ1) is 18.5. The Balaban J connectivity index is 1.78. The molecular formula is C14H24N6O3S. The fourth-order valence-corrected chi connectivity index (χ4v) is 3.12. The number of hydrogen-bond acceptors (Lipinski definition) is 7. The fraction of sp³-hybridized carbons (Fsp3) is 0.786. The number of tetrazole rings is 1. The summed E-state index contributed by atoms with van der Waals surface area (Å²) in [6.45, 7) is 9.09. The Bertz CT molecular complexity index is 556. The van der Waals surface area contributed by atoms with Gasteiger partial charge < -0.3 is 14.5 Å². The lowest BCUT2D eigenvalue weighted by Crippen LogP contribution is -2.51. The van der Waals surface area contributed by atoms with E-state index in [1.807, 2.05) is 0 Å². The Morgan fingerprint density at radius 1 is 1.21 bits per heavy atom. The van der Waals surface area contributed by atoms with Gasteiger partial charge >= 0.3 is 6.09 Å². The van der Waals surface area contributed by atoms with Crippen molar-refractivity contribution in [3.8, 4) is 0 Å². The van der Waals surface area contributed by atoms with Crippen molar-refractivity contribution < 1.29 is 14.3 Å². The minimum absolute atomic E-state index is 0.0302. The molecule has 1 aromatic rings. The molecule has 1 aromatic heterocycles. The molecule has 134 valence electrons. The van der Waals surface area contributed by atoms with Crippen LogP contribution >= 0.6 is 11.8 Å². The Hall–Kier alpha value is -1.84. The van der Waals surface area contributed by atoms with E-state index in [1.54, 1.807) is 21.4 Å². The van der Waals surface area contributed by atoms with E-state index in [1.165, 1.54) is 11.8 Å². The summed E-state index contributed by atoms with van der Waals surface area (Å²) in [5.41, 5.74) is 0. The van der Waals surface area contributed by atoms with Gasteiger partial charge in [0.05, 0.1) is 12.4 Å². The highest BCUT2D eigenvalue weighted by Gasteiger charge is 2.25. The van der Waals surface area contributed by atoms with Gasteiger partial charge in [-0.25, -0.2) is 9.48 Å². The van der Waals surface area contributed by atoms with Crippen LogP contribution in [-0.2, 0) is 16.1 Å². The van der Waals surface area contributed by atoms with Crippen LogP contribution in [-0.4, -0.2) is 80.5 Å². The third kappa shape index (κ3) is 5.08. The maximum atomic E-state index is 12.3. The number of thioether (sulfide) groups is 1. The molecule has 24 heavy (non-hydrogen) atoms. The molecule has 1 saturated heterocycles. The second-order valence-corrected chi connectivity index (χ2v) is 6.84. The van der Waals surface area contributed by atoms with Gasteiger partial charge in [0.1, 0.15) is 0 Å². The molecule has 10 heteroatoms. The van der Waals surface area contributed by atoms with Gasteiger partial charge in [-0.15, -0.1) is 5.10 Å². The zero-order valence-corrected chi connectivity index (χ0v) is 15.2. The average Bonchev–Trinajstić information content (AvgIpc) is 2.99. The summed E-state index contributed by atoms with van der Waals surface area (Å²) in [6.07, 6.45) is -0.313. The van der Waals surface area contributed by atoms with E-state index in [4.69, 9.17) is 4.74 Å². The molecule has 0 bridgehead atoms. The highest BCUT2D eigenvalue weighted by Crippen LogP contribution is 2.16. The van der Waals surface area contributed by atoms with Crippen LogP contribution < -0.4 is 0 Å². The van der Waals surface area contributed by atoms with Crippen molar-refractivity contribution in [1.82, 2.24) is 30.0 Å². The third-order valence-electron chi connectivity index (χ3n) is 3.52. The van der Waals surface area contributed by atoms with E-state index in [-0.39, 0.29) is 17.8 Å². The average molecular weight is 356 g/mol. The van der Waals surface area contributed by atoms with Gasteiger partial charge in [-0.05, 0) is 23.3 Å². The number of carbonyl (C=O) groups excluding carboxylic acids is 2. The highest BCUT2D eigenvalue weighted by molar-refractivity contribution is 7.99. The number of nitrogens with zero attached hydrogens (tertiary/aromatic N) is 6. The first-order valence-corrected chi connectivity index (χ1v) is 9.08. The molecule has 0 N–H and O–H groups in total. The van der Waals surface area contributed by atoms with Crippen LogP contribution in [0, 0.1) is 5.92 Å². The van der Waals surface area contributed by atoms with Crippen molar-refractivity contribution in [3.05, 3.63) is 0 Å². The molecule has 1 fully saturated rings. The summed E-state index contributed by atoms with van der Waals surface area (Å²) >= 11 is 1.34. The van der Waals surface area contributed by atoms with E-state index >= 15 is 0 Å². The summed E-state index contributed by atoms with van der Waals surface area (Å²) in [5.74, 6) is 0.750. The van der Waals surface area contributed by atoms with Gasteiger partial charge in [-0.1, -0.05) is 25.6 Å². The predicted octanol–water partition coefficient (Wildman–Crippen LogP) is 0.722. The molecule has 0 atom stereocenters. The molecule has 2 heterocycles. The smallest absolute Gasteiger partial charge is 0.409 e. The van der Waals surface area contributed by atoms with Crippen LogP contribution in [0.4, 0.5) is 4.79 Å². The summed E-state index contributed by atoms with van der Waals surface area (Å²) in [7, 11) is 0. The number of amides is 2. The van der Waals surface area contributed by atoms with Crippen molar-refractivity contribution in [2.45, 2.75) is 32.5 Å². The number of carbonyl (C=O) groups is 2. The molecule has 9 nitrogen and oxygen atoms in total. The molecule has 0 saturated carbocycles. The summed E-state index contributed by atoms with van der Waals surface area (Å²) in [5, 5.41) is 12.2. The van der Waals surface area contributed by atoms with Gasteiger partial charge in [0, 0.05) is 32.7 Å². The maximum Gasteiger partial charge on any atom is 0.409 e. The van der Waals surface area contributed by atoms with Gasteiger partial charge in [-0.2, -0.15) is 0 Å². The second-order valence-electron chi connectivity index (χ2n) is 5.89. The number of ether oxygens (including phenoxy) is 1. The molecule has 0 radical (unpaired) electrons. The lowest BCUT2D eigenvalue weighted by atomic mass is 10.2. The van der Waals surface area contributed by atoms with Crippen LogP contribution in [0.2, 0.25) is 0 Å². The maximum absolute atomic E-state index is 12.3. The highest BCUT2D eigenvalue weighted by atomic mass is 32.2. The predicted molar refractivity (Wildman–Crippen MR) is 88.6 cm³/mol. The minimum Gasteiger partial charge on any atom is -0.450 e. The van der Waals surface area contributed by atoms with Crippen LogP contribution in [0.15, 0.2) is 5.16 Å². The van der Waals surface area contributed by atoms with Gasteiger partial charge in [0.15, 0.2) is 0 Å². The molecule has 0 spiro atoms. The van der Waals surface area contributed by atoms with Crippen molar-refractivity contribution in [2.75, 3.05) is 38.5 Å². The molecule has 0 aromatic carbocycles. The largest absolute Gasteiger partial charge is 0.450 e. The Kier molecular flexibility index (Phi) is 6.83. The molecule has 0 unspecified atom stereocenters. The van der Waals surface area contributed by atoms with Crippen LogP contribution in [0.1, 0.15) is 20.8 Å². The van der Waals surface area contributed by atoms with Crippen LogP contribution in [0.5, 0.6) is 0 Å². The monoisotopic (exact) mass is 356 g/mol. The first-order valence-electron chi connectivity index (χ1n) is 8.09. The topological polar surface area (TPSA) is 93.4 Å². The minimum atomic E-state index is -0.313. The molecule has 0 aliphatic carbocycles. The molecular weight excluding hydrogens is 332 g/mol. The van der Waals surface area contributed by atoms with Gasteiger partial charge in [-0.3, -0.25) is 4.79 Å². The van der Waals surface area contributed by atoms with Crippen molar-refractivity contribution in [1.29, 1.82) is 0 Å². The third-order valence-corrected chi connectivity index (χ3v) is 4.46. The summed E-state index contributed by atoms with van der Waals surface area (Å²) in [4.78, 5) is 27.4. The summed E-state index contributed by atoms with van der Waals surface area (Å²) < 4.78 is 6.70. The zero-order chi connectivity index (χ0) is 17.5. The fourth-order valence-electron chi connectivity index (χ4n) is 2.33. The quantitative estimate of drug-likeness (QED) is 0.693. The Morgan fingerprint density at radius 2 is 1.88 bits per heavy atom. The standard InChI is InChI=1S/C14H24N6O3S/c1-4-23-14(22)19-7-5-18(6-8-19)12(21)10-24-13-15-16-17-20(13)9-11(2)3/h11H,4-10H2,1-3H3. The molecule has 1 aliphatic rings. The zero-order valence-electron chi connectivity index (χ0n) is 14.3. The lowest BCUT2D eigenvalue weighted by Gasteiger charge is -2.34. The number of aromatic nitrogens is 4. The van der Waals surface area contributed by atoms with E-state index in [9.17, 15) is 9.59 Å². The molecule has 1 aliphatic heterocycles. The SMILES string of the molecule is CCOC(=O)N1CCN(C(=O)CSc2nnnn2CC(C)C)CC1. The Morgan fingerprint density at radius 3 is 2.50 bits per heavy atom. The van der Waals surface area contributed by atoms with E-state index in [0.717, 1.165) is 6.54 Å². The second kappa shape index (κ2) is 8.86. The lowest BCUT2D eigenvalue weighted by molar-refractivity contribution is -0.129. The first-order chi connectivity index (χ1) is 11.5. The number of rotatable bonds is 6. The van der Waals surface area contributed by atoms with Crippen molar-refractivity contribution in [2.24, 2.45) is 5.92 Å². The van der Waals surface area contributed by atoms with Crippen LogP contribution in [0.25, 0.3) is 0 Å². The number of hydrogen-bond donors (Lipinski definition) is 0. The van der Waals surface area contributed by atoms with E-state index in [2.05, 4.69) is 29.4 Å². The Labute approximate surface area is 145 Å². The van der Waals surface area contributed by atoms with Gasteiger partial charge in [0.25, 0.3) is 0 Å². The normalized spacial score (nSPS) is 15.0.